The number of amides is 1. The van der Waals surface area contributed by atoms with E-state index in [-0.39, 0.29) is 5.91 Å². The molecular weight excluding hydrogens is 372 g/mol. The lowest BCUT2D eigenvalue weighted by Crippen LogP contribution is -2.35. The van der Waals surface area contributed by atoms with Crippen molar-refractivity contribution in [3.63, 3.8) is 0 Å². The minimum atomic E-state index is -0.234. The second kappa shape index (κ2) is 9.08. The Morgan fingerprint density at radius 3 is 2.43 bits per heavy atom. The molecule has 2 heterocycles. The lowest BCUT2D eigenvalue weighted by molar-refractivity contribution is 0.102. The highest BCUT2D eigenvalue weighted by molar-refractivity contribution is 6.03. The molecule has 0 atom stereocenters. The topological polar surface area (TPSA) is 58.1 Å². The Balaban J connectivity index is 1.33. The number of carbonyl (C=O) groups excluding carboxylic acids is 1. The van der Waals surface area contributed by atoms with Gasteiger partial charge in [-0.05, 0) is 68.4 Å². The molecule has 0 radical (unpaired) electrons. The van der Waals surface area contributed by atoms with Gasteiger partial charge >= 0.3 is 0 Å². The Bertz CT molecular complexity index is 993. The fraction of sp³-hybridized carbons (Fsp3) is 0.320. The fourth-order valence-electron chi connectivity index (χ4n) is 4.07. The molecule has 1 aromatic heterocycles. The van der Waals surface area contributed by atoms with Gasteiger partial charge in [0.25, 0.3) is 5.91 Å². The third-order valence-electron chi connectivity index (χ3n) is 5.82. The predicted octanol–water partition coefficient (Wildman–Crippen LogP) is 4.80. The summed E-state index contributed by atoms with van der Waals surface area (Å²) in [5.41, 5.74) is 4.75. The van der Waals surface area contributed by atoms with Crippen molar-refractivity contribution in [1.82, 2.24) is 10.2 Å². The lowest BCUT2D eigenvalue weighted by Gasteiger charge is -2.32. The third-order valence-corrected chi connectivity index (χ3v) is 5.82. The van der Waals surface area contributed by atoms with E-state index in [1.807, 2.05) is 38.1 Å². The van der Waals surface area contributed by atoms with E-state index in [0.717, 1.165) is 49.4 Å². The standard InChI is InChI=1S/C25H28N4O/c1-18-8-9-22(19(2)16-18)26-25(30)23-10-11-24(28-27-23)29-14-12-21(13-15-29)17-20-6-4-3-5-7-20/h3-11,16,21H,12-15,17H2,1-2H3,(H,26,30). The number of nitrogens with one attached hydrogen (secondary N) is 1. The molecule has 5 nitrogen and oxygen atoms in total. The van der Waals surface area contributed by atoms with Crippen LogP contribution in [-0.4, -0.2) is 29.2 Å². The van der Waals surface area contributed by atoms with Crippen molar-refractivity contribution in [2.24, 2.45) is 5.92 Å². The Morgan fingerprint density at radius 1 is 1.00 bits per heavy atom. The Labute approximate surface area is 178 Å². The number of piperidine rings is 1. The van der Waals surface area contributed by atoms with E-state index in [4.69, 9.17) is 0 Å². The average molecular weight is 401 g/mol. The number of benzene rings is 2. The summed E-state index contributed by atoms with van der Waals surface area (Å²) in [7, 11) is 0. The highest BCUT2D eigenvalue weighted by Crippen LogP contribution is 2.24. The van der Waals surface area contributed by atoms with Crippen molar-refractivity contribution < 1.29 is 4.79 Å². The molecule has 1 saturated heterocycles. The van der Waals surface area contributed by atoms with Gasteiger partial charge in [-0.25, -0.2) is 0 Å². The van der Waals surface area contributed by atoms with Gasteiger partial charge in [-0.2, -0.15) is 0 Å². The van der Waals surface area contributed by atoms with Gasteiger partial charge in [0.05, 0.1) is 0 Å². The molecule has 1 aliphatic heterocycles. The van der Waals surface area contributed by atoms with Crippen molar-refractivity contribution in [1.29, 1.82) is 0 Å². The maximum absolute atomic E-state index is 12.5. The van der Waals surface area contributed by atoms with Gasteiger partial charge in [0.15, 0.2) is 11.5 Å². The molecule has 3 aromatic rings. The average Bonchev–Trinajstić information content (AvgIpc) is 2.77. The number of hydrogen-bond acceptors (Lipinski definition) is 4. The highest BCUT2D eigenvalue weighted by atomic mass is 16.1. The molecule has 5 heteroatoms. The fourth-order valence-corrected chi connectivity index (χ4v) is 4.07. The zero-order chi connectivity index (χ0) is 20.9. The van der Waals surface area contributed by atoms with E-state index < -0.39 is 0 Å². The van der Waals surface area contributed by atoms with Crippen LogP contribution in [0.15, 0.2) is 60.7 Å². The quantitative estimate of drug-likeness (QED) is 0.668. The van der Waals surface area contributed by atoms with Crippen molar-refractivity contribution >= 4 is 17.4 Å². The first-order chi connectivity index (χ1) is 14.6. The van der Waals surface area contributed by atoms with Gasteiger partial charge < -0.3 is 10.2 Å². The summed E-state index contributed by atoms with van der Waals surface area (Å²) in [6.07, 6.45) is 3.43. The molecule has 1 aliphatic rings. The third kappa shape index (κ3) is 4.85. The van der Waals surface area contributed by atoms with Crippen LogP contribution in [0.2, 0.25) is 0 Å². The molecule has 1 N–H and O–H groups in total. The van der Waals surface area contributed by atoms with E-state index in [1.165, 1.54) is 11.1 Å². The number of aromatic nitrogens is 2. The minimum absolute atomic E-state index is 0.234. The summed E-state index contributed by atoms with van der Waals surface area (Å²) >= 11 is 0. The molecule has 0 spiro atoms. The van der Waals surface area contributed by atoms with Crippen LogP contribution in [-0.2, 0) is 6.42 Å². The van der Waals surface area contributed by atoms with Gasteiger partial charge in [-0.1, -0.05) is 48.0 Å². The van der Waals surface area contributed by atoms with E-state index in [9.17, 15) is 4.79 Å². The summed E-state index contributed by atoms with van der Waals surface area (Å²) in [6.45, 7) is 5.96. The second-order valence-corrected chi connectivity index (χ2v) is 8.17. The minimum Gasteiger partial charge on any atom is -0.355 e. The summed E-state index contributed by atoms with van der Waals surface area (Å²) in [5.74, 6) is 1.32. The predicted molar refractivity (Wildman–Crippen MR) is 121 cm³/mol. The van der Waals surface area contributed by atoms with Gasteiger partial charge in [0.1, 0.15) is 0 Å². The summed E-state index contributed by atoms with van der Waals surface area (Å²) < 4.78 is 0. The summed E-state index contributed by atoms with van der Waals surface area (Å²) in [5, 5.41) is 11.4. The van der Waals surface area contributed by atoms with Gasteiger partial charge in [-0.3, -0.25) is 4.79 Å². The first kappa shape index (κ1) is 20.1. The largest absolute Gasteiger partial charge is 0.355 e. The zero-order valence-electron chi connectivity index (χ0n) is 17.6. The van der Waals surface area contributed by atoms with Crippen LogP contribution in [0.25, 0.3) is 0 Å². The first-order valence-electron chi connectivity index (χ1n) is 10.6. The molecule has 0 bridgehead atoms. The molecule has 2 aromatic carbocycles. The van der Waals surface area contributed by atoms with Crippen LogP contribution in [0.1, 0.15) is 40.0 Å². The number of nitrogens with zero attached hydrogens (tertiary/aromatic N) is 3. The molecule has 1 fully saturated rings. The van der Waals surface area contributed by atoms with Crippen LogP contribution < -0.4 is 10.2 Å². The Kier molecular flexibility index (Phi) is 6.07. The second-order valence-electron chi connectivity index (χ2n) is 8.17. The lowest BCUT2D eigenvalue weighted by atomic mass is 9.90. The van der Waals surface area contributed by atoms with E-state index in [1.54, 1.807) is 6.07 Å². The van der Waals surface area contributed by atoms with Crippen LogP contribution in [0.4, 0.5) is 11.5 Å². The van der Waals surface area contributed by atoms with Crippen LogP contribution in [0.5, 0.6) is 0 Å². The van der Waals surface area contributed by atoms with Crippen LogP contribution in [0.3, 0.4) is 0 Å². The van der Waals surface area contributed by atoms with E-state index in [0.29, 0.717) is 11.6 Å². The van der Waals surface area contributed by atoms with Gasteiger partial charge in [-0.15, -0.1) is 10.2 Å². The van der Waals surface area contributed by atoms with E-state index in [2.05, 4.69) is 50.7 Å². The number of hydrogen-bond donors (Lipinski definition) is 1. The Morgan fingerprint density at radius 2 is 1.77 bits per heavy atom. The monoisotopic (exact) mass is 400 g/mol. The smallest absolute Gasteiger partial charge is 0.276 e. The molecule has 0 aliphatic carbocycles. The normalized spacial score (nSPS) is 14.5. The molecule has 4 rings (SSSR count). The van der Waals surface area contributed by atoms with Crippen LogP contribution >= 0.6 is 0 Å². The molecule has 30 heavy (non-hydrogen) atoms. The highest BCUT2D eigenvalue weighted by Gasteiger charge is 2.21. The maximum Gasteiger partial charge on any atom is 0.276 e. The van der Waals surface area contributed by atoms with Crippen molar-refractivity contribution in [3.8, 4) is 0 Å². The molecule has 154 valence electrons. The van der Waals surface area contributed by atoms with Crippen molar-refractivity contribution in [3.05, 3.63) is 83.0 Å². The summed E-state index contributed by atoms with van der Waals surface area (Å²) in [6, 6.07) is 20.3. The molecule has 1 amide bonds. The maximum atomic E-state index is 12.5. The van der Waals surface area contributed by atoms with E-state index >= 15 is 0 Å². The molecular formula is C25H28N4O. The van der Waals surface area contributed by atoms with Crippen LogP contribution in [0, 0.1) is 19.8 Å². The number of anilines is 2. The SMILES string of the molecule is Cc1ccc(NC(=O)c2ccc(N3CCC(Cc4ccccc4)CC3)nn2)c(C)c1. The zero-order valence-corrected chi connectivity index (χ0v) is 17.6. The number of rotatable bonds is 5. The van der Waals surface area contributed by atoms with Crippen molar-refractivity contribution in [2.75, 3.05) is 23.3 Å². The van der Waals surface area contributed by atoms with Crippen molar-refractivity contribution in [2.45, 2.75) is 33.1 Å². The van der Waals surface area contributed by atoms with Gasteiger partial charge in [0.2, 0.25) is 0 Å². The first-order valence-corrected chi connectivity index (χ1v) is 10.6. The Hall–Kier alpha value is -3.21. The molecule has 0 saturated carbocycles. The number of aryl methyl sites for hydroxylation is 2. The van der Waals surface area contributed by atoms with Gasteiger partial charge in [0, 0.05) is 18.8 Å². The summed E-state index contributed by atoms with van der Waals surface area (Å²) in [4.78, 5) is 14.8. The number of carbonyl (C=O) groups is 1. The molecule has 0 unspecified atom stereocenters.